The summed E-state index contributed by atoms with van der Waals surface area (Å²) in [5.74, 6) is 0.0727. The molecule has 0 saturated carbocycles. The van der Waals surface area contributed by atoms with Crippen LogP contribution in [0.25, 0.3) is 0 Å². The van der Waals surface area contributed by atoms with E-state index in [4.69, 9.17) is 16.3 Å². The molecule has 1 amide bonds. The van der Waals surface area contributed by atoms with Gasteiger partial charge in [-0.15, -0.1) is 0 Å². The fourth-order valence-corrected chi connectivity index (χ4v) is 4.29. The number of hydrogen-bond acceptors (Lipinski definition) is 4. The second kappa shape index (κ2) is 12.2. The maximum atomic E-state index is 12.0. The number of carbonyl (C=O) groups is 1. The number of halogens is 1. The van der Waals surface area contributed by atoms with Gasteiger partial charge in [0.2, 0.25) is 5.91 Å². The highest BCUT2D eigenvalue weighted by Crippen LogP contribution is 2.30. The Hall–Kier alpha value is -1.92. The van der Waals surface area contributed by atoms with Crippen LogP contribution in [0.3, 0.4) is 0 Å². The van der Waals surface area contributed by atoms with Crippen molar-refractivity contribution in [1.29, 1.82) is 0 Å². The Kier molecular flexibility index (Phi) is 9.34. The minimum Gasteiger partial charge on any atom is -0.370 e. The lowest BCUT2D eigenvalue weighted by Gasteiger charge is -2.39. The van der Waals surface area contributed by atoms with Gasteiger partial charge in [-0.25, -0.2) is 0 Å². The second-order valence-electron chi connectivity index (χ2n) is 7.86. The van der Waals surface area contributed by atoms with Crippen LogP contribution in [0.1, 0.15) is 31.0 Å². The Morgan fingerprint density at radius 2 is 1.58 bits per heavy atom. The van der Waals surface area contributed by atoms with Crippen molar-refractivity contribution < 1.29 is 9.53 Å². The van der Waals surface area contributed by atoms with Crippen LogP contribution in [0.4, 0.5) is 0 Å². The maximum Gasteiger partial charge on any atom is 0.248 e. The molecule has 5 nitrogen and oxygen atoms in total. The molecule has 1 saturated heterocycles. The molecule has 168 valence electrons. The molecule has 0 aromatic heterocycles. The number of carbonyl (C=O) groups excluding carboxylic acids is 1. The Bertz CT molecular complexity index is 788. The normalized spacial score (nSPS) is 16.2. The summed E-state index contributed by atoms with van der Waals surface area (Å²) < 4.78 is 5.65. The second-order valence-corrected chi connectivity index (χ2v) is 8.30. The van der Waals surface area contributed by atoms with E-state index in [1.807, 2.05) is 26.0 Å². The van der Waals surface area contributed by atoms with Crippen molar-refractivity contribution in [3.8, 4) is 0 Å². The highest BCUT2D eigenvalue weighted by molar-refractivity contribution is 6.30. The van der Waals surface area contributed by atoms with E-state index in [1.54, 1.807) is 4.90 Å². The third kappa shape index (κ3) is 6.78. The van der Waals surface area contributed by atoms with Gasteiger partial charge in [0, 0.05) is 50.8 Å². The lowest BCUT2D eigenvalue weighted by atomic mass is 9.96. The van der Waals surface area contributed by atoms with Crippen molar-refractivity contribution in [1.82, 2.24) is 14.7 Å². The van der Waals surface area contributed by atoms with Crippen LogP contribution < -0.4 is 0 Å². The van der Waals surface area contributed by atoms with Crippen LogP contribution in [-0.4, -0.2) is 79.6 Å². The first-order valence-corrected chi connectivity index (χ1v) is 11.6. The fraction of sp³-hybridized carbons (Fsp3) is 0.480. The minimum absolute atomic E-state index is 0.0727. The van der Waals surface area contributed by atoms with Gasteiger partial charge in [0.1, 0.15) is 6.61 Å². The van der Waals surface area contributed by atoms with Crippen LogP contribution >= 0.6 is 11.6 Å². The van der Waals surface area contributed by atoms with Crippen LogP contribution in [0, 0.1) is 0 Å². The summed E-state index contributed by atoms with van der Waals surface area (Å²) in [5.41, 5.74) is 2.57. The minimum atomic E-state index is 0.0727. The van der Waals surface area contributed by atoms with E-state index in [2.05, 4.69) is 52.3 Å². The van der Waals surface area contributed by atoms with Crippen LogP contribution in [-0.2, 0) is 9.53 Å². The van der Waals surface area contributed by atoms with Crippen molar-refractivity contribution in [3.63, 3.8) is 0 Å². The largest absolute Gasteiger partial charge is 0.370 e. The lowest BCUT2D eigenvalue weighted by Crippen LogP contribution is -2.48. The first-order chi connectivity index (χ1) is 15.1. The van der Waals surface area contributed by atoms with E-state index in [-0.39, 0.29) is 18.6 Å². The van der Waals surface area contributed by atoms with Gasteiger partial charge in [0.15, 0.2) is 0 Å². The molecule has 2 aromatic carbocycles. The summed E-state index contributed by atoms with van der Waals surface area (Å²) in [5, 5.41) is 0.764. The highest BCUT2D eigenvalue weighted by Gasteiger charge is 2.26. The Morgan fingerprint density at radius 3 is 2.19 bits per heavy atom. The molecule has 2 aromatic rings. The molecule has 0 spiro atoms. The monoisotopic (exact) mass is 443 g/mol. The van der Waals surface area contributed by atoms with Crippen LogP contribution in [0.2, 0.25) is 5.02 Å². The average Bonchev–Trinajstić information content (AvgIpc) is 2.81. The molecule has 31 heavy (non-hydrogen) atoms. The predicted octanol–water partition coefficient (Wildman–Crippen LogP) is 3.93. The number of nitrogens with zero attached hydrogens (tertiary/aromatic N) is 3. The first kappa shape index (κ1) is 23.7. The molecule has 0 N–H and O–H groups in total. The van der Waals surface area contributed by atoms with Crippen molar-refractivity contribution in [2.24, 2.45) is 0 Å². The first-order valence-electron chi connectivity index (χ1n) is 11.2. The van der Waals surface area contributed by atoms with Gasteiger partial charge in [-0.05, 0) is 37.1 Å². The zero-order valence-electron chi connectivity index (χ0n) is 18.7. The number of amides is 1. The van der Waals surface area contributed by atoms with E-state index in [0.29, 0.717) is 6.61 Å². The highest BCUT2D eigenvalue weighted by atomic mass is 35.5. The van der Waals surface area contributed by atoms with Gasteiger partial charge in [0.25, 0.3) is 0 Å². The summed E-state index contributed by atoms with van der Waals surface area (Å²) >= 11 is 6.13. The van der Waals surface area contributed by atoms with Gasteiger partial charge >= 0.3 is 0 Å². The quantitative estimate of drug-likeness (QED) is 0.521. The van der Waals surface area contributed by atoms with E-state index in [0.717, 1.165) is 50.8 Å². The zero-order chi connectivity index (χ0) is 22.1. The van der Waals surface area contributed by atoms with E-state index < -0.39 is 0 Å². The Labute approximate surface area is 191 Å². The van der Waals surface area contributed by atoms with Crippen molar-refractivity contribution in [3.05, 3.63) is 70.7 Å². The van der Waals surface area contributed by atoms with Gasteiger partial charge in [-0.1, -0.05) is 54.1 Å². The van der Waals surface area contributed by atoms with Crippen molar-refractivity contribution in [2.45, 2.75) is 19.9 Å². The SMILES string of the molecule is CCN(CC)C(=O)COCCN1CCN(C(c2ccccc2)c2ccc(Cl)cc2)CC1. The van der Waals surface area contributed by atoms with E-state index in [9.17, 15) is 4.79 Å². The summed E-state index contributed by atoms with van der Waals surface area (Å²) in [7, 11) is 0. The Morgan fingerprint density at radius 1 is 0.968 bits per heavy atom. The molecule has 0 radical (unpaired) electrons. The smallest absolute Gasteiger partial charge is 0.248 e. The molecule has 0 bridgehead atoms. The molecular formula is C25H34ClN3O2. The lowest BCUT2D eigenvalue weighted by molar-refractivity contribution is -0.135. The molecule has 1 unspecified atom stereocenters. The molecule has 3 rings (SSSR count). The van der Waals surface area contributed by atoms with Gasteiger partial charge in [0.05, 0.1) is 12.6 Å². The number of piperazine rings is 1. The third-order valence-corrected chi connectivity index (χ3v) is 6.22. The van der Waals surface area contributed by atoms with E-state index in [1.165, 1.54) is 11.1 Å². The van der Waals surface area contributed by atoms with Crippen molar-refractivity contribution >= 4 is 17.5 Å². The molecule has 0 aliphatic carbocycles. The zero-order valence-corrected chi connectivity index (χ0v) is 19.4. The number of likely N-dealkylation sites (N-methyl/N-ethyl adjacent to an activating group) is 1. The third-order valence-electron chi connectivity index (χ3n) is 5.97. The van der Waals surface area contributed by atoms with E-state index >= 15 is 0 Å². The Balaban J connectivity index is 1.52. The molecule has 1 atom stereocenters. The summed E-state index contributed by atoms with van der Waals surface area (Å²) in [6, 6.07) is 19.1. The predicted molar refractivity (Wildman–Crippen MR) is 126 cm³/mol. The molecule has 1 aliphatic rings. The standard InChI is InChI=1S/C25H34ClN3O2/c1-3-28(4-2)24(30)20-31-19-18-27-14-16-29(17-15-27)25(21-8-6-5-7-9-21)22-10-12-23(26)13-11-22/h5-13,25H,3-4,14-20H2,1-2H3. The summed E-state index contributed by atoms with van der Waals surface area (Å²) in [6.45, 7) is 11.0. The molecule has 1 heterocycles. The van der Waals surface area contributed by atoms with Crippen LogP contribution in [0.15, 0.2) is 54.6 Å². The molecular weight excluding hydrogens is 410 g/mol. The number of hydrogen-bond donors (Lipinski definition) is 0. The summed E-state index contributed by atoms with van der Waals surface area (Å²) in [6.07, 6.45) is 0. The van der Waals surface area contributed by atoms with Gasteiger partial charge < -0.3 is 9.64 Å². The molecule has 6 heteroatoms. The topological polar surface area (TPSA) is 36.0 Å². The van der Waals surface area contributed by atoms with Gasteiger partial charge in [-0.2, -0.15) is 0 Å². The van der Waals surface area contributed by atoms with Crippen molar-refractivity contribution in [2.75, 3.05) is 59.0 Å². The fourth-order valence-electron chi connectivity index (χ4n) is 4.16. The molecule has 1 fully saturated rings. The van der Waals surface area contributed by atoms with Crippen LogP contribution in [0.5, 0.6) is 0 Å². The molecule has 1 aliphatic heterocycles. The number of benzene rings is 2. The average molecular weight is 444 g/mol. The number of rotatable bonds is 10. The summed E-state index contributed by atoms with van der Waals surface area (Å²) in [4.78, 5) is 18.8. The van der Waals surface area contributed by atoms with Gasteiger partial charge in [-0.3, -0.25) is 14.6 Å². The number of ether oxygens (including phenoxy) is 1. The maximum absolute atomic E-state index is 12.0.